The van der Waals surface area contributed by atoms with Crippen molar-refractivity contribution in [2.24, 2.45) is 0 Å². The molecule has 0 aromatic heterocycles. The number of rotatable bonds is 7. The standard InChI is InChI=1S/C20H24Cl2N2O2/c1-25-17-5-3-16(4-6-17)20(24-8-10-26-11-9-24)14-23-13-15-2-7-18(21)19(22)12-15/h2-7,12,20,23H,8-11,13-14H2,1H3. The van der Waals surface area contributed by atoms with Gasteiger partial charge in [-0.2, -0.15) is 0 Å². The molecule has 2 aromatic rings. The third kappa shape index (κ3) is 5.12. The Morgan fingerprint density at radius 2 is 1.81 bits per heavy atom. The van der Waals surface area contributed by atoms with Gasteiger partial charge in [0.15, 0.2) is 0 Å². The Hall–Kier alpha value is -1.30. The summed E-state index contributed by atoms with van der Waals surface area (Å²) in [5.41, 5.74) is 2.39. The summed E-state index contributed by atoms with van der Waals surface area (Å²) >= 11 is 12.1. The van der Waals surface area contributed by atoms with Gasteiger partial charge in [-0.1, -0.05) is 41.4 Å². The van der Waals surface area contributed by atoms with Crippen LogP contribution in [0.15, 0.2) is 42.5 Å². The average Bonchev–Trinajstić information content (AvgIpc) is 2.69. The van der Waals surface area contributed by atoms with E-state index in [1.165, 1.54) is 5.56 Å². The highest BCUT2D eigenvalue weighted by molar-refractivity contribution is 6.42. The van der Waals surface area contributed by atoms with Gasteiger partial charge in [-0.3, -0.25) is 4.90 Å². The Bertz CT molecular complexity index is 703. The molecular weight excluding hydrogens is 371 g/mol. The molecule has 3 rings (SSSR count). The Kier molecular flexibility index (Phi) is 7.17. The van der Waals surface area contributed by atoms with Crippen LogP contribution in [-0.2, 0) is 11.3 Å². The Morgan fingerprint density at radius 3 is 2.46 bits per heavy atom. The van der Waals surface area contributed by atoms with E-state index in [0.29, 0.717) is 10.0 Å². The molecule has 1 fully saturated rings. The SMILES string of the molecule is COc1ccc(C(CNCc2ccc(Cl)c(Cl)c2)N2CCOCC2)cc1. The van der Waals surface area contributed by atoms with Crippen molar-refractivity contribution in [3.05, 3.63) is 63.6 Å². The van der Waals surface area contributed by atoms with Crippen molar-refractivity contribution in [1.82, 2.24) is 10.2 Å². The number of nitrogens with zero attached hydrogens (tertiary/aromatic N) is 1. The molecule has 1 aliphatic heterocycles. The van der Waals surface area contributed by atoms with E-state index in [1.54, 1.807) is 7.11 Å². The van der Waals surface area contributed by atoms with E-state index in [4.69, 9.17) is 32.7 Å². The minimum atomic E-state index is 0.285. The highest BCUT2D eigenvalue weighted by Crippen LogP contribution is 2.25. The van der Waals surface area contributed by atoms with Gasteiger partial charge in [0.25, 0.3) is 0 Å². The number of hydrogen-bond acceptors (Lipinski definition) is 4. The molecule has 140 valence electrons. The lowest BCUT2D eigenvalue weighted by Crippen LogP contribution is -2.42. The van der Waals surface area contributed by atoms with Crippen LogP contribution in [0.1, 0.15) is 17.2 Å². The summed E-state index contributed by atoms with van der Waals surface area (Å²) in [5.74, 6) is 0.873. The Balaban J connectivity index is 1.67. The van der Waals surface area contributed by atoms with Gasteiger partial charge in [-0.25, -0.2) is 0 Å². The van der Waals surface area contributed by atoms with Crippen molar-refractivity contribution in [2.45, 2.75) is 12.6 Å². The number of halogens is 2. The van der Waals surface area contributed by atoms with Crippen LogP contribution < -0.4 is 10.1 Å². The molecule has 1 N–H and O–H groups in total. The van der Waals surface area contributed by atoms with Gasteiger partial charge in [0.05, 0.1) is 30.4 Å². The van der Waals surface area contributed by atoms with Crippen molar-refractivity contribution >= 4 is 23.2 Å². The van der Waals surface area contributed by atoms with Crippen LogP contribution in [0.25, 0.3) is 0 Å². The highest BCUT2D eigenvalue weighted by atomic mass is 35.5. The van der Waals surface area contributed by atoms with Crippen LogP contribution in [-0.4, -0.2) is 44.9 Å². The normalized spacial score (nSPS) is 16.4. The summed E-state index contributed by atoms with van der Waals surface area (Å²) < 4.78 is 10.8. The number of nitrogens with one attached hydrogen (secondary N) is 1. The summed E-state index contributed by atoms with van der Waals surface area (Å²) in [6.45, 7) is 5.01. The molecule has 1 saturated heterocycles. The lowest BCUT2D eigenvalue weighted by molar-refractivity contribution is 0.0161. The number of hydrogen-bond donors (Lipinski definition) is 1. The Morgan fingerprint density at radius 1 is 1.08 bits per heavy atom. The summed E-state index contributed by atoms with van der Waals surface area (Å²) in [4.78, 5) is 2.47. The van der Waals surface area contributed by atoms with Crippen LogP contribution in [0.4, 0.5) is 0 Å². The number of ether oxygens (including phenoxy) is 2. The highest BCUT2D eigenvalue weighted by Gasteiger charge is 2.22. The molecule has 6 heteroatoms. The molecule has 1 aliphatic rings. The first-order valence-electron chi connectivity index (χ1n) is 8.78. The van der Waals surface area contributed by atoms with Crippen molar-refractivity contribution < 1.29 is 9.47 Å². The molecule has 0 bridgehead atoms. The molecule has 1 atom stereocenters. The number of methoxy groups -OCH3 is 1. The fourth-order valence-corrected chi connectivity index (χ4v) is 3.50. The number of morpholine rings is 1. The molecule has 0 spiro atoms. The van der Waals surface area contributed by atoms with E-state index in [-0.39, 0.29) is 6.04 Å². The van der Waals surface area contributed by atoms with Crippen LogP contribution >= 0.6 is 23.2 Å². The maximum atomic E-state index is 6.11. The van der Waals surface area contributed by atoms with Crippen molar-refractivity contribution in [2.75, 3.05) is 40.0 Å². The van der Waals surface area contributed by atoms with Gasteiger partial charge >= 0.3 is 0 Å². The van der Waals surface area contributed by atoms with Crippen molar-refractivity contribution in [1.29, 1.82) is 0 Å². The fourth-order valence-electron chi connectivity index (χ4n) is 3.18. The second kappa shape index (κ2) is 9.58. The second-order valence-corrected chi connectivity index (χ2v) is 7.13. The van der Waals surface area contributed by atoms with E-state index in [2.05, 4.69) is 22.3 Å². The molecule has 1 heterocycles. The van der Waals surface area contributed by atoms with Gasteiger partial charge in [0.1, 0.15) is 5.75 Å². The largest absolute Gasteiger partial charge is 0.497 e. The summed E-state index contributed by atoms with van der Waals surface area (Å²) in [6.07, 6.45) is 0. The lowest BCUT2D eigenvalue weighted by Gasteiger charge is -2.35. The topological polar surface area (TPSA) is 33.7 Å². The van der Waals surface area contributed by atoms with Crippen LogP contribution in [0.2, 0.25) is 10.0 Å². The monoisotopic (exact) mass is 394 g/mol. The third-order valence-electron chi connectivity index (χ3n) is 4.64. The summed E-state index contributed by atoms with van der Waals surface area (Å²) in [7, 11) is 1.69. The number of benzene rings is 2. The van der Waals surface area contributed by atoms with E-state index >= 15 is 0 Å². The molecule has 1 unspecified atom stereocenters. The Labute approximate surface area is 165 Å². The van der Waals surface area contributed by atoms with Gasteiger partial charge in [0.2, 0.25) is 0 Å². The molecular formula is C20H24Cl2N2O2. The predicted octanol–water partition coefficient (Wildman–Crippen LogP) is 4.17. The zero-order valence-corrected chi connectivity index (χ0v) is 16.4. The lowest BCUT2D eigenvalue weighted by atomic mass is 10.0. The fraction of sp³-hybridized carbons (Fsp3) is 0.400. The summed E-state index contributed by atoms with van der Waals surface area (Å²) in [6, 6.07) is 14.3. The predicted molar refractivity (Wildman–Crippen MR) is 106 cm³/mol. The van der Waals surface area contributed by atoms with E-state index in [0.717, 1.165) is 50.7 Å². The van der Waals surface area contributed by atoms with E-state index in [9.17, 15) is 0 Å². The molecule has 0 saturated carbocycles. The maximum absolute atomic E-state index is 6.11. The van der Waals surface area contributed by atoms with E-state index in [1.807, 2.05) is 30.3 Å². The zero-order valence-electron chi connectivity index (χ0n) is 14.9. The zero-order chi connectivity index (χ0) is 18.4. The quantitative estimate of drug-likeness (QED) is 0.763. The average molecular weight is 395 g/mol. The molecule has 2 aromatic carbocycles. The van der Waals surface area contributed by atoms with Crippen LogP contribution in [0.5, 0.6) is 5.75 Å². The van der Waals surface area contributed by atoms with E-state index < -0.39 is 0 Å². The van der Waals surface area contributed by atoms with Gasteiger partial charge in [-0.15, -0.1) is 0 Å². The second-order valence-electron chi connectivity index (χ2n) is 6.32. The smallest absolute Gasteiger partial charge is 0.118 e. The minimum absolute atomic E-state index is 0.285. The first kappa shape index (κ1) is 19.5. The molecule has 26 heavy (non-hydrogen) atoms. The first-order valence-corrected chi connectivity index (χ1v) is 9.53. The first-order chi connectivity index (χ1) is 12.7. The van der Waals surface area contributed by atoms with Crippen molar-refractivity contribution in [3.63, 3.8) is 0 Å². The van der Waals surface area contributed by atoms with Gasteiger partial charge in [-0.05, 0) is 35.4 Å². The van der Waals surface area contributed by atoms with Gasteiger partial charge in [0, 0.05) is 32.2 Å². The third-order valence-corrected chi connectivity index (χ3v) is 5.38. The summed E-state index contributed by atoms with van der Waals surface area (Å²) in [5, 5.41) is 4.73. The molecule has 0 radical (unpaired) electrons. The molecule has 0 aliphatic carbocycles. The van der Waals surface area contributed by atoms with Crippen LogP contribution in [0, 0.1) is 0 Å². The molecule has 0 amide bonds. The molecule has 4 nitrogen and oxygen atoms in total. The minimum Gasteiger partial charge on any atom is -0.497 e. The van der Waals surface area contributed by atoms with Crippen LogP contribution in [0.3, 0.4) is 0 Å². The van der Waals surface area contributed by atoms with Crippen molar-refractivity contribution in [3.8, 4) is 5.75 Å². The van der Waals surface area contributed by atoms with Gasteiger partial charge < -0.3 is 14.8 Å². The maximum Gasteiger partial charge on any atom is 0.118 e.